The molecule has 0 amide bonds. The molecule has 0 bridgehead atoms. The Hall–Kier alpha value is -1.36. The number of hydrogen-bond donors (Lipinski definition) is 0. The van der Waals surface area contributed by atoms with Crippen molar-refractivity contribution in [3.05, 3.63) is 23.3 Å². The van der Waals surface area contributed by atoms with Crippen molar-refractivity contribution in [2.45, 2.75) is 26.4 Å². The van der Waals surface area contributed by atoms with E-state index in [9.17, 15) is 9.36 Å². The van der Waals surface area contributed by atoms with Gasteiger partial charge in [-0.15, -0.1) is 0 Å². The Kier molecular flexibility index (Phi) is 4.71. The second-order valence-corrected chi connectivity index (χ2v) is 6.58. The fraction of sp³-hybridized carbons (Fsp3) is 0.500. The van der Waals surface area contributed by atoms with Crippen LogP contribution in [0.5, 0.6) is 5.75 Å². The van der Waals surface area contributed by atoms with Gasteiger partial charge in [0.15, 0.2) is 0 Å². The maximum atomic E-state index is 12.9. The summed E-state index contributed by atoms with van der Waals surface area (Å²) in [7, 11) is -0.561. The Bertz CT molecular complexity index is 597. The molecule has 0 aliphatic carbocycles. The van der Waals surface area contributed by atoms with E-state index < -0.39 is 19.7 Å². The van der Waals surface area contributed by atoms with Crippen molar-refractivity contribution in [1.29, 1.82) is 0 Å². The van der Waals surface area contributed by atoms with Crippen molar-refractivity contribution >= 4 is 18.9 Å². The number of aryl methyl sites for hydroxylation is 1. The zero-order chi connectivity index (χ0) is 15.6. The summed E-state index contributed by atoms with van der Waals surface area (Å²) in [6.45, 7) is 3.82. The largest absolute Gasteiger partial charge is 0.497 e. The monoisotopic (exact) mass is 314 g/mol. The van der Waals surface area contributed by atoms with Crippen LogP contribution in [0.2, 0.25) is 0 Å². The average Bonchev–Trinajstić information content (AvgIpc) is 2.72. The van der Waals surface area contributed by atoms with E-state index in [1.165, 1.54) is 7.11 Å². The van der Waals surface area contributed by atoms with Gasteiger partial charge in [-0.2, -0.15) is 0 Å². The molecule has 116 valence electrons. The smallest absolute Gasteiger partial charge is 0.362 e. The Morgan fingerprint density at radius 2 is 2.10 bits per heavy atom. The number of benzene rings is 1. The molecule has 0 spiro atoms. The Morgan fingerprint density at radius 1 is 1.38 bits per heavy atom. The SMILES string of the molecule is CCOP1(=O)OC(CC(=O)OC)c2cc(OC)cc(C)c21. The lowest BCUT2D eigenvalue weighted by molar-refractivity contribution is -0.142. The Balaban J connectivity index is 2.51. The fourth-order valence-corrected chi connectivity index (χ4v) is 4.61. The van der Waals surface area contributed by atoms with E-state index in [2.05, 4.69) is 4.74 Å². The van der Waals surface area contributed by atoms with Gasteiger partial charge in [-0.3, -0.25) is 13.9 Å². The molecule has 2 atom stereocenters. The average molecular weight is 314 g/mol. The number of carbonyl (C=O) groups excluding carboxylic acids is 1. The predicted octanol–water partition coefficient (Wildman–Crippen LogP) is 2.49. The summed E-state index contributed by atoms with van der Waals surface area (Å²) in [5.41, 5.74) is 1.42. The fourth-order valence-electron chi connectivity index (χ4n) is 2.43. The van der Waals surface area contributed by atoms with Crippen LogP contribution in [0.3, 0.4) is 0 Å². The number of esters is 1. The molecule has 6 nitrogen and oxygen atoms in total. The maximum Gasteiger partial charge on any atom is 0.362 e. The highest BCUT2D eigenvalue weighted by atomic mass is 31.2. The van der Waals surface area contributed by atoms with Crippen LogP contribution < -0.4 is 10.0 Å². The molecule has 2 unspecified atom stereocenters. The number of rotatable bonds is 5. The molecule has 0 saturated carbocycles. The molecule has 0 fully saturated rings. The van der Waals surface area contributed by atoms with Crippen molar-refractivity contribution in [1.82, 2.24) is 0 Å². The molecular weight excluding hydrogens is 295 g/mol. The second kappa shape index (κ2) is 6.18. The molecule has 1 aliphatic rings. The lowest BCUT2D eigenvalue weighted by Gasteiger charge is -2.14. The summed E-state index contributed by atoms with van der Waals surface area (Å²) in [5.74, 6) is 0.186. The topological polar surface area (TPSA) is 71.1 Å². The molecule has 0 radical (unpaired) electrons. The van der Waals surface area contributed by atoms with Crippen LogP contribution in [0.15, 0.2) is 12.1 Å². The first kappa shape index (κ1) is 16.0. The lowest BCUT2D eigenvalue weighted by Crippen LogP contribution is -2.12. The van der Waals surface area contributed by atoms with Crippen LogP contribution in [0.1, 0.15) is 30.6 Å². The normalized spacial score (nSPS) is 23.7. The van der Waals surface area contributed by atoms with Crippen LogP contribution >= 0.6 is 7.60 Å². The van der Waals surface area contributed by atoms with Gasteiger partial charge in [0, 0.05) is 5.56 Å². The maximum absolute atomic E-state index is 12.9. The summed E-state index contributed by atoms with van der Waals surface area (Å²) in [5, 5.41) is 0.527. The van der Waals surface area contributed by atoms with Gasteiger partial charge in [-0.25, -0.2) is 0 Å². The van der Waals surface area contributed by atoms with Crippen LogP contribution in [0, 0.1) is 6.92 Å². The highest BCUT2D eigenvalue weighted by molar-refractivity contribution is 7.62. The molecule has 1 heterocycles. The van der Waals surface area contributed by atoms with Gasteiger partial charge >= 0.3 is 13.6 Å². The minimum atomic E-state index is -3.41. The molecule has 1 aromatic rings. The van der Waals surface area contributed by atoms with Gasteiger partial charge in [-0.05, 0) is 31.5 Å². The van der Waals surface area contributed by atoms with Gasteiger partial charge in [0.1, 0.15) is 11.9 Å². The first-order valence-corrected chi connectivity index (χ1v) is 8.18. The van der Waals surface area contributed by atoms with Gasteiger partial charge < -0.3 is 14.0 Å². The zero-order valence-corrected chi connectivity index (χ0v) is 13.4. The third-order valence-corrected chi connectivity index (χ3v) is 5.59. The van der Waals surface area contributed by atoms with E-state index in [1.807, 2.05) is 6.92 Å². The predicted molar refractivity (Wildman–Crippen MR) is 77.1 cm³/mol. The number of methoxy groups -OCH3 is 2. The highest BCUT2D eigenvalue weighted by Gasteiger charge is 2.44. The Labute approximate surface area is 123 Å². The quantitative estimate of drug-likeness (QED) is 0.614. The number of carbonyl (C=O) groups is 1. The second-order valence-electron chi connectivity index (χ2n) is 4.67. The molecule has 7 heteroatoms. The summed E-state index contributed by atoms with van der Waals surface area (Å²) >= 11 is 0. The van der Waals surface area contributed by atoms with E-state index in [4.69, 9.17) is 13.8 Å². The van der Waals surface area contributed by atoms with Crippen molar-refractivity contribution in [3.63, 3.8) is 0 Å². The molecular formula is C14H19O6P. The van der Waals surface area contributed by atoms with Crippen LogP contribution in [0.4, 0.5) is 0 Å². The van der Waals surface area contributed by atoms with Crippen LogP contribution in [-0.4, -0.2) is 26.8 Å². The number of ether oxygens (including phenoxy) is 2. The van der Waals surface area contributed by atoms with Gasteiger partial charge in [0.2, 0.25) is 0 Å². The van der Waals surface area contributed by atoms with Crippen molar-refractivity contribution in [2.75, 3.05) is 20.8 Å². The van der Waals surface area contributed by atoms with Crippen LogP contribution in [0.25, 0.3) is 0 Å². The molecule has 0 aromatic heterocycles. The van der Waals surface area contributed by atoms with E-state index in [0.29, 0.717) is 16.6 Å². The van der Waals surface area contributed by atoms with Gasteiger partial charge in [0.05, 0.1) is 32.6 Å². The van der Waals surface area contributed by atoms with Gasteiger partial charge in [-0.1, -0.05) is 0 Å². The minimum absolute atomic E-state index is 0.0207. The van der Waals surface area contributed by atoms with E-state index in [0.717, 1.165) is 5.56 Å². The van der Waals surface area contributed by atoms with Crippen molar-refractivity contribution < 1.29 is 27.9 Å². The molecule has 21 heavy (non-hydrogen) atoms. The molecule has 1 aromatic carbocycles. The minimum Gasteiger partial charge on any atom is -0.497 e. The summed E-state index contributed by atoms with van der Waals surface area (Å²) in [6, 6.07) is 3.50. The molecule has 0 N–H and O–H groups in total. The van der Waals surface area contributed by atoms with E-state index in [-0.39, 0.29) is 13.0 Å². The number of fused-ring (bicyclic) bond motifs is 1. The first-order valence-electron chi connectivity index (χ1n) is 6.64. The zero-order valence-electron chi connectivity index (χ0n) is 12.5. The summed E-state index contributed by atoms with van der Waals surface area (Å²) < 4.78 is 33.7. The highest BCUT2D eigenvalue weighted by Crippen LogP contribution is 2.59. The van der Waals surface area contributed by atoms with E-state index >= 15 is 0 Å². The molecule has 2 rings (SSSR count). The molecule has 1 aliphatic heterocycles. The third kappa shape index (κ3) is 2.98. The van der Waals surface area contributed by atoms with E-state index in [1.54, 1.807) is 26.2 Å². The summed E-state index contributed by atoms with van der Waals surface area (Å²) in [4.78, 5) is 11.5. The van der Waals surface area contributed by atoms with Crippen LogP contribution in [-0.2, 0) is 23.1 Å². The third-order valence-electron chi connectivity index (χ3n) is 3.30. The first-order chi connectivity index (χ1) is 9.95. The summed E-state index contributed by atoms with van der Waals surface area (Å²) in [6.07, 6.45) is -0.675. The number of hydrogen-bond acceptors (Lipinski definition) is 6. The standard InChI is InChI=1S/C14H19O6P/c1-5-19-21(16)14-9(2)6-10(17-3)7-11(14)12(20-21)8-13(15)18-4/h6-7,12H,5,8H2,1-4H3. The molecule has 0 saturated heterocycles. The van der Waals surface area contributed by atoms with Crippen molar-refractivity contribution in [3.8, 4) is 5.75 Å². The van der Waals surface area contributed by atoms with Gasteiger partial charge in [0.25, 0.3) is 0 Å². The lowest BCUT2D eigenvalue weighted by atomic mass is 10.0. The Morgan fingerprint density at radius 3 is 2.67 bits per heavy atom. The van der Waals surface area contributed by atoms with Crippen molar-refractivity contribution in [2.24, 2.45) is 0 Å².